The normalized spacial score (nSPS) is 23.7. The summed E-state index contributed by atoms with van der Waals surface area (Å²) in [5.41, 5.74) is 7.98. The molecule has 2 aliphatic rings. The first-order chi connectivity index (χ1) is 18.9. The minimum Gasteiger partial charge on any atom is -0.343 e. The van der Waals surface area contributed by atoms with Crippen molar-refractivity contribution in [3.63, 3.8) is 0 Å². The van der Waals surface area contributed by atoms with E-state index in [9.17, 15) is 14.4 Å². The second kappa shape index (κ2) is 13.7. The van der Waals surface area contributed by atoms with Crippen LogP contribution in [-0.4, -0.2) is 59.9 Å². The molecule has 3 amide bonds. The van der Waals surface area contributed by atoms with Gasteiger partial charge in [-0.05, 0) is 68.7 Å². The van der Waals surface area contributed by atoms with E-state index in [-0.39, 0.29) is 35.7 Å². The number of nitrogens with one attached hydrogen (secondary N) is 3. The van der Waals surface area contributed by atoms with Gasteiger partial charge in [-0.2, -0.15) is 0 Å². The standard InChI is InChI=1S/C31H43N5O3/c1-3-25(32)29(37)35-28-23(19-20-33-4-2)15-16-24-17-18-26(36(24)31(28)39)30(38)34-27(21-11-7-5-8-12-21)22-13-9-6-10-14-22/h5-14,23-28,33H,3-4,15-20,32H2,1-2H3,(H,34,38)(H,35,37)/t23-,24+,25+,26+,28+/m1/s1. The SMILES string of the molecule is CCNCC[C@H]1CC[C@H]2CC[C@@H](C(=O)NC(c3ccccc3)c3ccccc3)N2C(=O)[C@H]1NC(=O)[C@@H](N)CC. The number of hydrogen-bond donors (Lipinski definition) is 4. The summed E-state index contributed by atoms with van der Waals surface area (Å²) in [6.45, 7) is 5.52. The maximum atomic E-state index is 14.1. The van der Waals surface area contributed by atoms with Crippen molar-refractivity contribution in [1.29, 1.82) is 0 Å². The molecule has 0 saturated carbocycles. The number of nitrogens with zero attached hydrogens (tertiary/aromatic N) is 1. The van der Waals surface area contributed by atoms with Gasteiger partial charge < -0.3 is 26.6 Å². The van der Waals surface area contributed by atoms with Crippen molar-refractivity contribution in [1.82, 2.24) is 20.9 Å². The van der Waals surface area contributed by atoms with Gasteiger partial charge in [0.15, 0.2) is 0 Å². The van der Waals surface area contributed by atoms with E-state index >= 15 is 0 Å². The van der Waals surface area contributed by atoms with Crippen molar-refractivity contribution in [2.45, 2.75) is 82.6 Å². The van der Waals surface area contributed by atoms with E-state index < -0.39 is 18.1 Å². The van der Waals surface area contributed by atoms with Crippen molar-refractivity contribution in [3.8, 4) is 0 Å². The van der Waals surface area contributed by atoms with Crippen LogP contribution in [0, 0.1) is 5.92 Å². The molecule has 2 aromatic rings. The predicted octanol–water partition coefficient (Wildman–Crippen LogP) is 2.88. The summed E-state index contributed by atoms with van der Waals surface area (Å²) in [5.74, 6) is -0.648. The van der Waals surface area contributed by atoms with Gasteiger partial charge in [0, 0.05) is 6.04 Å². The van der Waals surface area contributed by atoms with Gasteiger partial charge >= 0.3 is 0 Å². The van der Waals surface area contributed by atoms with Crippen LogP contribution in [0.4, 0.5) is 0 Å². The Bertz CT molecular complexity index is 1060. The van der Waals surface area contributed by atoms with E-state index in [1.807, 2.05) is 67.6 Å². The zero-order chi connectivity index (χ0) is 27.8. The van der Waals surface area contributed by atoms with Gasteiger partial charge in [-0.3, -0.25) is 14.4 Å². The molecule has 2 aromatic carbocycles. The van der Waals surface area contributed by atoms with Crippen LogP contribution in [-0.2, 0) is 14.4 Å². The number of nitrogens with two attached hydrogens (primary N) is 1. The van der Waals surface area contributed by atoms with Crippen LogP contribution in [0.15, 0.2) is 60.7 Å². The van der Waals surface area contributed by atoms with Crippen LogP contribution in [0.2, 0.25) is 0 Å². The molecule has 2 heterocycles. The highest BCUT2D eigenvalue weighted by molar-refractivity contribution is 5.94. The molecular formula is C31H43N5O3. The van der Waals surface area contributed by atoms with Crippen LogP contribution in [0.1, 0.15) is 69.5 Å². The van der Waals surface area contributed by atoms with E-state index in [4.69, 9.17) is 5.73 Å². The number of fused-ring (bicyclic) bond motifs is 1. The third kappa shape index (κ3) is 6.86. The topological polar surface area (TPSA) is 117 Å². The fourth-order valence-corrected chi connectivity index (χ4v) is 5.98. The van der Waals surface area contributed by atoms with Crippen molar-refractivity contribution >= 4 is 17.7 Å². The summed E-state index contributed by atoms with van der Waals surface area (Å²) in [6.07, 6.45) is 4.28. The molecule has 0 bridgehead atoms. The summed E-state index contributed by atoms with van der Waals surface area (Å²) < 4.78 is 0. The van der Waals surface area contributed by atoms with Crippen LogP contribution in [0.25, 0.3) is 0 Å². The molecule has 0 unspecified atom stereocenters. The monoisotopic (exact) mass is 533 g/mol. The van der Waals surface area contributed by atoms with Gasteiger partial charge in [-0.1, -0.05) is 74.5 Å². The zero-order valence-corrected chi connectivity index (χ0v) is 23.1. The first-order valence-corrected chi connectivity index (χ1v) is 14.4. The molecule has 0 radical (unpaired) electrons. The van der Waals surface area contributed by atoms with Crippen LogP contribution in [0.5, 0.6) is 0 Å². The van der Waals surface area contributed by atoms with E-state index in [1.54, 1.807) is 4.90 Å². The number of benzene rings is 2. The largest absolute Gasteiger partial charge is 0.343 e. The molecule has 210 valence electrons. The maximum Gasteiger partial charge on any atom is 0.246 e. The summed E-state index contributed by atoms with van der Waals surface area (Å²) >= 11 is 0. The first kappa shape index (κ1) is 28.8. The Morgan fingerprint density at radius 1 is 0.949 bits per heavy atom. The van der Waals surface area contributed by atoms with Gasteiger partial charge in [0.2, 0.25) is 17.7 Å². The average molecular weight is 534 g/mol. The van der Waals surface area contributed by atoms with E-state index in [0.29, 0.717) is 12.8 Å². The minimum atomic E-state index is -0.689. The molecule has 8 nitrogen and oxygen atoms in total. The molecule has 8 heteroatoms. The Hall–Kier alpha value is -3.23. The second-order valence-corrected chi connectivity index (χ2v) is 10.7. The van der Waals surface area contributed by atoms with Crippen molar-refractivity contribution in [3.05, 3.63) is 71.8 Å². The molecule has 0 spiro atoms. The fraction of sp³-hybridized carbons (Fsp3) is 0.516. The number of hydrogen-bond acceptors (Lipinski definition) is 5. The number of rotatable bonds is 11. The van der Waals surface area contributed by atoms with Gasteiger partial charge in [0.1, 0.15) is 12.1 Å². The van der Waals surface area contributed by atoms with E-state index in [1.165, 1.54) is 0 Å². The van der Waals surface area contributed by atoms with E-state index in [0.717, 1.165) is 49.9 Å². The number of carbonyl (C=O) groups is 3. The molecule has 0 aliphatic carbocycles. The molecule has 0 aromatic heterocycles. The van der Waals surface area contributed by atoms with Crippen molar-refractivity contribution in [2.24, 2.45) is 11.7 Å². The Labute approximate surface area is 232 Å². The predicted molar refractivity (Wildman–Crippen MR) is 153 cm³/mol. The lowest BCUT2D eigenvalue weighted by Crippen LogP contribution is -2.58. The lowest BCUT2D eigenvalue weighted by molar-refractivity contribution is -0.143. The Morgan fingerprint density at radius 2 is 1.56 bits per heavy atom. The summed E-state index contributed by atoms with van der Waals surface area (Å²) in [4.78, 5) is 42.6. The molecule has 4 rings (SSSR count). The molecule has 39 heavy (non-hydrogen) atoms. The Balaban J connectivity index is 1.58. The first-order valence-electron chi connectivity index (χ1n) is 14.4. The molecule has 2 fully saturated rings. The summed E-state index contributed by atoms with van der Waals surface area (Å²) in [5, 5.41) is 9.58. The molecule has 2 saturated heterocycles. The molecular weight excluding hydrogens is 490 g/mol. The van der Waals surface area contributed by atoms with Gasteiger partial charge in [-0.25, -0.2) is 0 Å². The zero-order valence-electron chi connectivity index (χ0n) is 23.1. The van der Waals surface area contributed by atoms with Crippen molar-refractivity contribution in [2.75, 3.05) is 13.1 Å². The third-order valence-corrected chi connectivity index (χ3v) is 8.24. The van der Waals surface area contributed by atoms with Gasteiger partial charge in [0.05, 0.1) is 12.1 Å². The summed E-state index contributed by atoms with van der Waals surface area (Å²) in [6, 6.07) is 17.5. The highest BCUT2D eigenvalue weighted by Crippen LogP contribution is 2.35. The van der Waals surface area contributed by atoms with E-state index in [2.05, 4.69) is 22.9 Å². The second-order valence-electron chi connectivity index (χ2n) is 10.7. The fourth-order valence-electron chi connectivity index (χ4n) is 5.98. The number of carbonyl (C=O) groups excluding carboxylic acids is 3. The third-order valence-electron chi connectivity index (χ3n) is 8.24. The Morgan fingerprint density at radius 3 is 2.15 bits per heavy atom. The average Bonchev–Trinajstić information content (AvgIpc) is 3.35. The van der Waals surface area contributed by atoms with Crippen molar-refractivity contribution < 1.29 is 14.4 Å². The maximum absolute atomic E-state index is 14.1. The highest BCUT2D eigenvalue weighted by Gasteiger charge is 2.47. The quantitative estimate of drug-likeness (QED) is 0.332. The van der Waals surface area contributed by atoms with Gasteiger partial charge in [0.25, 0.3) is 0 Å². The number of amides is 3. The summed E-state index contributed by atoms with van der Waals surface area (Å²) in [7, 11) is 0. The van der Waals surface area contributed by atoms with Crippen LogP contribution in [0.3, 0.4) is 0 Å². The smallest absolute Gasteiger partial charge is 0.246 e. The Kier molecular flexibility index (Phi) is 10.1. The lowest BCUT2D eigenvalue weighted by Gasteiger charge is -2.33. The molecule has 5 N–H and O–H groups in total. The van der Waals surface area contributed by atoms with Gasteiger partial charge in [-0.15, -0.1) is 0 Å². The minimum absolute atomic E-state index is 0.0106. The van der Waals surface area contributed by atoms with Crippen LogP contribution < -0.4 is 21.7 Å². The highest BCUT2D eigenvalue weighted by atomic mass is 16.2. The van der Waals surface area contributed by atoms with Crippen LogP contribution >= 0.6 is 0 Å². The lowest BCUT2D eigenvalue weighted by atomic mass is 9.90. The molecule has 5 atom stereocenters. The molecule has 2 aliphatic heterocycles.